The number of hydrogen-bond acceptors (Lipinski definition) is 4. The standard InChI is InChI=1S/C21H28F3N3O3/c1-14(2)26(17-5-3-4-6-17)20(28)15-9-11-25(12-10-15)18-8-7-16(21(22,23)24)13-19(18)27(29)30/h7-8,13-15,17H,3-6,9-12H2,1-2H3. The second-order valence-corrected chi connectivity index (χ2v) is 8.50. The molecule has 30 heavy (non-hydrogen) atoms. The normalized spacial score (nSPS) is 18.8. The van der Waals surface area contributed by atoms with Gasteiger partial charge in [-0.2, -0.15) is 13.2 Å². The fourth-order valence-electron chi connectivity index (χ4n) is 4.73. The van der Waals surface area contributed by atoms with Gasteiger partial charge in [0.15, 0.2) is 0 Å². The lowest BCUT2D eigenvalue weighted by molar-refractivity contribution is -0.384. The SMILES string of the molecule is CC(C)N(C(=O)C1CCN(c2ccc(C(F)(F)F)cc2[N+](=O)[O-])CC1)C1CCCC1. The predicted octanol–water partition coefficient (Wildman–Crippen LogP) is 5.01. The monoisotopic (exact) mass is 427 g/mol. The van der Waals surface area contributed by atoms with Crippen molar-refractivity contribution in [2.45, 2.75) is 70.6 Å². The van der Waals surface area contributed by atoms with E-state index in [1.54, 1.807) is 4.90 Å². The molecule has 3 rings (SSSR count). The number of nitrogens with zero attached hydrogens (tertiary/aromatic N) is 3. The first-order valence-electron chi connectivity index (χ1n) is 10.5. The zero-order chi connectivity index (χ0) is 22.1. The molecule has 0 bridgehead atoms. The highest BCUT2D eigenvalue weighted by molar-refractivity contribution is 5.80. The van der Waals surface area contributed by atoms with Crippen LogP contribution in [0.5, 0.6) is 0 Å². The highest BCUT2D eigenvalue weighted by Crippen LogP contribution is 2.38. The van der Waals surface area contributed by atoms with Crippen molar-refractivity contribution in [3.8, 4) is 0 Å². The molecule has 0 spiro atoms. The molecule has 1 amide bonds. The molecule has 2 aliphatic rings. The number of carbonyl (C=O) groups is 1. The van der Waals surface area contributed by atoms with Crippen LogP contribution in [0.4, 0.5) is 24.5 Å². The summed E-state index contributed by atoms with van der Waals surface area (Å²) in [4.78, 5) is 27.5. The first-order chi connectivity index (χ1) is 14.1. The van der Waals surface area contributed by atoms with Gasteiger partial charge in [-0.15, -0.1) is 0 Å². The molecule has 0 N–H and O–H groups in total. The van der Waals surface area contributed by atoms with Crippen molar-refractivity contribution in [2.75, 3.05) is 18.0 Å². The maximum Gasteiger partial charge on any atom is 0.416 e. The predicted molar refractivity (Wildman–Crippen MR) is 107 cm³/mol. The quantitative estimate of drug-likeness (QED) is 0.489. The summed E-state index contributed by atoms with van der Waals surface area (Å²) in [5.41, 5.74) is -1.41. The third-order valence-corrected chi connectivity index (χ3v) is 6.21. The molecule has 166 valence electrons. The summed E-state index contributed by atoms with van der Waals surface area (Å²) in [6, 6.07) is 3.04. The van der Waals surface area contributed by atoms with Gasteiger partial charge in [0.2, 0.25) is 5.91 Å². The zero-order valence-electron chi connectivity index (χ0n) is 17.3. The van der Waals surface area contributed by atoms with E-state index in [9.17, 15) is 28.1 Å². The molecule has 0 radical (unpaired) electrons. The third kappa shape index (κ3) is 4.70. The maximum absolute atomic E-state index is 13.2. The molecular weight excluding hydrogens is 399 g/mol. The van der Waals surface area contributed by atoms with Crippen molar-refractivity contribution in [3.05, 3.63) is 33.9 Å². The summed E-state index contributed by atoms with van der Waals surface area (Å²) in [7, 11) is 0. The smallest absolute Gasteiger partial charge is 0.366 e. The van der Waals surface area contributed by atoms with Crippen LogP contribution in [0.1, 0.15) is 57.9 Å². The van der Waals surface area contributed by atoms with Gasteiger partial charge in [-0.05, 0) is 51.7 Å². The molecule has 1 saturated carbocycles. The highest BCUT2D eigenvalue weighted by atomic mass is 19.4. The number of rotatable bonds is 5. The maximum atomic E-state index is 13.2. The van der Waals surface area contributed by atoms with Gasteiger partial charge < -0.3 is 9.80 Å². The molecule has 0 unspecified atom stereocenters. The van der Waals surface area contributed by atoms with Crippen molar-refractivity contribution in [2.24, 2.45) is 5.92 Å². The number of piperidine rings is 1. The number of nitro groups is 1. The first kappa shape index (κ1) is 22.4. The van der Waals surface area contributed by atoms with E-state index in [4.69, 9.17) is 0 Å². The Hall–Kier alpha value is -2.32. The Kier molecular flexibility index (Phi) is 6.57. The molecule has 1 aliphatic carbocycles. The minimum absolute atomic E-state index is 0.120. The average molecular weight is 427 g/mol. The molecule has 9 heteroatoms. The fraction of sp³-hybridized carbons (Fsp3) is 0.667. The van der Waals surface area contributed by atoms with Crippen LogP contribution in [0.3, 0.4) is 0 Å². The lowest BCUT2D eigenvalue weighted by Crippen LogP contribution is -2.49. The van der Waals surface area contributed by atoms with E-state index in [0.717, 1.165) is 31.7 Å². The van der Waals surface area contributed by atoms with Crippen LogP contribution in [0.2, 0.25) is 0 Å². The second-order valence-electron chi connectivity index (χ2n) is 8.50. The Labute approximate surface area is 174 Å². The molecule has 6 nitrogen and oxygen atoms in total. The number of nitro benzene ring substituents is 1. The van der Waals surface area contributed by atoms with Crippen molar-refractivity contribution in [1.29, 1.82) is 0 Å². The van der Waals surface area contributed by atoms with Crippen molar-refractivity contribution in [3.63, 3.8) is 0 Å². The fourth-order valence-corrected chi connectivity index (χ4v) is 4.73. The summed E-state index contributed by atoms with van der Waals surface area (Å²) in [5, 5.41) is 11.4. The number of anilines is 1. The Bertz CT molecular complexity index is 783. The van der Waals surface area contributed by atoms with Crippen LogP contribution < -0.4 is 4.90 Å². The van der Waals surface area contributed by atoms with Gasteiger partial charge in [-0.1, -0.05) is 12.8 Å². The minimum atomic E-state index is -4.64. The number of benzene rings is 1. The van der Waals surface area contributed by atoms with Gasteiger partial charge >= 0.3 is 6.18 Å². The topological polar surface area (TPSA) is 66.7 Å². The van der Waals surface area contributed by atoms with E-state index in [2.05, 4.69) is 0 Å². The summed E-state index contributed by atoms with van der Waals surface area (Å²) in [5.74, 6) is -0.0174. The zero-order valence-corrected chi connectivity index (χ0v) is 17.3. The molecule has 0 atom stereocenters. The second kappa shape index (κ2) is 8.81. The Morgan fingerprint density at radius 3 is 2.27 bits per heavy atom. The Balaban J connectivity index is 1.72. The van der Waals surface area contributed by atoms with Crippen molar-refractivity contribution in [1.82, 2.24) is 4.90 Å². The van der Waals surface area contributed by atoms with Gasteiger partial charge in [-0.25, -0.2) is 0 Å². The van der Waals surface area contributed by atoms with E-state index in [1.165, 1.54) is 6.07 Å². The molecule has 1 aromatic rings. The van der Waals surface area contributed by atoms with E-state index in [1.807, 2.05) is 18.7 Å². The lowest BCUT2D eigenvalue weighted by atomic mass is 9.93. The molecule has 1 aliphatic heterocycles. The number of hydrogen-bond donors (Lipinski definition) is 0. The number of carbonyl (C=O) groups excluding carboxylic acids is 1. The average Bonchev–Trinajstić information content (AvgIpc) is 3.20. The van der Waals surface area contributed by atoms with Crippen molar-refractivity contribution < 1.29 is 22.9 Å². The van der Waals surface area contributed by atoms with Gasteiger partial charge in [0, 0.05) is 37.2 Å². The van der Waals surface area contributed by atoms with Crippen LogP contribution in [0.25, 0.3) is 0 Å². The van der Waals surface area contributed by atoms with Gasteiger partial charge in [0.25, 0.3) is 5.69 Å². The van der Waals surface area contributed by atoms with Crippen LogP contribution in [0.15, 0.2) is 18.2 Å². The van der Waals surface area contributed by atoms with Gasteiger partial charge in [0.1, 0.15) is 5.69 Å². The van der Waals surface area contributed by atoms with Crippen LogP contribution in [-0.4, -0.2) is 40.9 Å². The van der Waals surface area contributed by atoms with E-state index in [0.29, 0.717) is 32.0 Å². The van der Waals surface area contributed by atoms with Crippen molar-refractivity contribution >= 4 is 17.3 Å². The number of alkyl halides is 3. The summed E-state index contributed by atoms with van der Waals surface area (Å²) in [6.07, 6.45) is 0.762. The van der Waals surface area contributed by atoms with Gasteiger partial charge in [-0.3, -0.25) is 14.9 Å². The molecular formula is C21H28F3N3O3. The largest absolute Gasteiger partial charge is 0.416 e. The first-order valence-corrected chi connectivity index (χ1v) is 10.5. The van der Waals surface area contributed by atoms with E-state index >= 15 is 0 Å². The molecule has 1 heterocycles. The highest BCUT2D eigenvalue weighted by Gasteiger charge is 2.37. The molecule has 2 fully saturated rings. The molecule has 1 saturated heterocycles. The summed E-state index contributed by atoms with van der Waals surface area (Å²) >= 11 is 0. The lowest BCUT2D eigenvalue weighted by Gasteiger charge is -2.39. The van der Waals surface area contributed by atoms with E-state index < -0.39 is 22.4 Å². The Morgan fingerprint density at radius 1 is 1.17 bits per heavy atom. The number of amides is 1. The number of halogens is 3. The summed E-state index contributed by atoms with van der Waals surface area (Å²) in [6.45, 7) is 4.85. The van der Waals surface area contributed by atoms with Crippen LogP contribution >= 0.6 is 0 Å². The third-order valence-electron chi connectivity index (χ3n) is 6.21. The Morgan fingerprint density at radius 2 is 1.77 bits per heavy atom. The van der Waals surface area contributed by atoms with Gasteiger partial charge in [0.05, 0.1) is 10.5 Å². The molecule has 0 aromatic heterocycles. The van der Waals surface area contributed by atoms with Crippen LogP contribution in [0, 0.1) is 16.0 Å². The summed E-state index contributed by atoms with van der Waals surface area (Å²) < 4.78 is 38.8. The van der Waals surface area contributed by atoms with E-state index in [-0.39, 0.29) is 29.6 Å². The van der Waals surface area contributed by atoms with Crippen LogP contribution in [-0.2, 0) is 11.0 Å². The molecule has 1 aromatic carbocycles. The minimum Gasteiger partial charge on any atom is -0.366 e.